The minimum absolute atomic E-state index is 0.272. The van der Waals surface area contributed by atoms with Crippen molar-refractivity contribution in [1.82, 2.24) is 15.1 Å². The Bertz CT molecular complexity index is 474. The number of nitrogens with one attached hydrogen (secondary N) is 1. The fourth-order valence-corrected chi connectivity index (χ4v) is 1.16. The Morgan fingerprint density at radius 2 is 2.40 bits per heavy atom. The summed E-state index contributed by atoms with van der Waals surface area (Å²) in [5, 5.41) is 17.9. The molecule has 0 saturated carbocycles. The first kappa shape index (κ1) is 9.53. The Hall–Kier alpha value is -2.02. The number of nitrogens with zero attached hydrogens (tertiary/aromatic N) is 4. The number of rotatable bonds is 3. The first-order chi connectivity index (χ1) is 7.31. The van der Waals surface area contributed by atoms with Gasteiger partial charge in [-0.05, 0) is 10.9 Å². The van der Waals surface area contributed by atoms with Gasteiger partial charge in [0, 0.05) is 19.3 Å². The van der Waals surface area contributed by atoms with E-state index in [0.29, 0.717) is 29.0 Å². The van der Waals surface area contributed by atoms with E-state index in [4.69, 9.17) is 5.73 Å². The smallest absolute Gasteiger partial charge is 0.290 e. The zero-order valence-corrected chi connectivity index (χ0v) is 7.92. The van der Waals surface area contributed by atoms with Gasteiger partial charge in [0.05, 0.1) is 5.10 Å². The van der Waals surface area contributed by atoms with Crippen LogP contribution in [0, 0.1) is 5.21 Å². The second-order valence-electron chi connectivity index (χ2n) is 2.89. The maximum absolute atomic E-state index is 11.4. The summed E-state index contributed by atoms with van der Waals surface area (Å²) in [6.07, 6.45) is 3.00. The number of fused-ring (bicyclic) bond motifs is 1. The monoisotopic (exact) mass is 206 g/mol. The van der Waals surface area contributed by atoms with E-state index < -0.39 is 0 Å². The number of anilines is 1. The zero-order chi connectivity index (χ0) is 10.7. The van der Waals surface area contributed by atoms with Gasteiger partial charge in [-0.1, -0.05) is 0 Å². The lowest BCUT2D eigenvalue weighted by Gasteiger charge is -2.02. The van der Waals surface area contributed by atoms with Crippen LogP contribution in [0.5, 0.6) is 0 Å². The lowest BCUT2D eigenvalue weighted by Crippen LogP contribution is -2.34. The Kier molecular flexibility index (Phi) is 2.55. The van der Waals surface area contributed by atoms with E-state index in [9.17, 15) is 5.21 Å². The van der Waals surface area contributed by atoms with Gasteiger partial charge in [0.1, 0.15) is 11.7 Å². The molecule has 2 heterocycles. The molecule has 0 aliphatic heterocycles. The van der Waals surface area contributed by atoms with Crippen LogP contribution in [-0.4, -0.2) is 28.2 Å². The topological polar surface area (TPSA) is 104 Å². The molecule has 7 heteroatoms. The lowest BCUT2D eigenvalue weighted by atomic mass is 10.4. The Morgan fingerprint density at radius 3 is 3.20 bits per heavy atom. The van der Waals surface area contributed by atoms with Crippen molar-refractivity contribution in [2.75, 3.05) is 18.4 Å². The molecule has 0 amide bonds. The molecule has 15 heavy (non-hydrogen) atoms. The van der Waals surface area contributed by atoms with E-state index in [1.54, 1.807) is 12.3 Å². The second-order valence-corrected chi connectivity index (χ2v) is 2.89. The summed E-state index contributed by atoms with van der Waals surface area (Å²) >= 11 is 0. The molecule has 78 valence electrons. The number of hydrogen-bond acceptors (Lipinski definition) is 6. The first-order valence-electron chi connectivity index (χ1n) is 4.47. The van der Waals surface area contributed by atoms with Gasteiger partial charge in [0.25, 0.3) is 11.5 Å². The molecule has 0 aliphatic rings. The van der Waals surface area contributed by atoms with Gasteiger partial charge in [-0.3, -0.25) is 4.98 Å². The molecule has 0 saturated heterocycles. The minimum atomic E-state index is 0.272. The molecule has 0 unspecified atom stereocenters. The van der Waals surface area contributed by atoms with Gasteiger partial charge < -0.3 is 16.3 Å². The van der Waals surface area contributed by atoms with Crippen molar-refractivity contribution >= 4 is 17.0 Å². The number of pyridine rings is 1. The van der Waals surface area contributed by atoms with E-state index >= 15 is 0 Å². The molecule has 3 N–H and O–H groups in total. The summed E-state index contributed by atoms with van der Waals surface area (Å²) in [6.45, 7) is 0.979. The summed E-state index contributed by atoms with van der Waals surface area (Å²) in [5.74, 6) is 0.272. The Morgan fingerprint density at radius 1 is 1.53 bits per heavy atom. The van der Waals surface area contributed by atoms with Crippen LogP contribution < -0.4 is 15.9 Å². The molecule has 0 fully saturated rings. The van der Waals surface area contributed by atoms with E-state index in [2.05, 4.69) is 20.4 Å². The molecule has 0 spiro atoms. The van der Waals surface area contributed by atoms with E-state index in [1.165, 1.54) is 6.20 Å². The molecule has 0 aromatic carbocycles. The fraction of sp³-hybridized carbons (Fsp3) is 0.250. The van der Waals surface area contributed by atoms with Gasteiger partial charge in [0.2, 0.25) is 0 Å². The Balaban J connectivity index is 2.43. The molecule has 2 aromatic rings. The quantitative estimate of drug-likeness (QED) is 0.494. The zero-order valence-electron chi connectivity index (χ0n) is 7.92. The van der Waals surface area contributed by atoms with Crippen LogP contribution in [0.15, 0.2) is 18.5 Å². The van der Waals surface area contributed by atoms with Crippen LogP contribution in [0.25, 0.3) is 11.0 Å². The van der Waals surface area contributed by atoms with Gasteiger partial charge in [0.15, 0.2) is 0 Å². The fourth-order valence-electron chi connectivity index (χ4n) is 1.16. The van der Waals surface area contributed by atoms with Gasteiger partial charge in [-0.15, -0.1) is 0 Å². The highest BCUT2D eigenvalue weighted by Gasteiger charge is 2.09. The Labute approximate surface area is 85.5 Å². The maximum atomic E-state index is 11.4. The van der Waals surface area contributed by atoms with Crippen molar-refractivity contribution in [3.05, 3.63) is 23.7 Å². The number of hydrogen-bond donors (Lipinski definition) is 2. The molecule has 0 radical (unpaired) electrons. The molecule has 0 atom stereocenters. The van der Waals surface area contributed by atoms with Gasteiger partial charge in [-0.25, -0.2) is 4.98 Å². The third-order valence-electron chi connectivity index (χ3n) is 1.82. The minimum Gasteiger partial charge on any atom is -0.594 e. The van der Waals surface area contributed by atoms with E-state index in [1.807, 2.05) is 0 Å². The molecule has 2 aromatic heterocycles. The summed E-state index contributed by atoms with van der Waals surface area (Å²) in [7, 11) is 0. The van der Waals surface area contributed by atoms with Crippen molar-refractivity contribution in [2.24, 2.45) is 5.73 Å². The lowest BCUT2D eigenvalue weighted by molar-refractivity contribution is -0.641. The van der Waals surface area contributed by atoms with Crippen LogP contribution in [0.2, 0.25) is 0 Å². The van der Waals surface area contributed by atoms with Crippen molar-refractivity contribution in [3.63, 3.8) is 0 Å². The van der Waals surface area contributed by atoms with Crippen molar-refractivity contribution in [1.29, 1.82) is 0 Å². The maximum Gasteiger partial charge on any atom is 0.290 e. The van der Waals surface area contributed by atoms with Crippen molar-refractivity contribution < 1.29 is 4.85 Å². The third-order valence-corrected chi connectivity index (χ3v) is 1.82. The number of aromatic nitrogens is 4. The van der Waals surface area contributed by atoms with Crippen LogP contribution in [0.3, 0.4) is 0 Å². The highest BCUT2D eigenvalue weighted by atomic mass is 16.5. The van der Waals surface area contributed by atoms with Gasteiger partial charge in [-0.2, -0.15) is 0 Å². The number of nitrogens with two attached hydrogens (primary N) is 1. The highest BCUT2D eigenvalue weighted by molar-refractivity contribution is 5.69. The van der Waals surface area contributed by atoms with Crippen LogP contribution in [0.1, 0.15) is 0 Å². The van der Waals surface area contributed by atoms with Gasteiger partial charge >= 0.3 is 0 Å². The highest BCUT2D eigenvalue weighted by Crippen LogP contribution is 2.05. The van der Waals surface area contributed by atoms with Crippen molar-refractivity contribution in [2.45, 2.75) is 0 Å². The average molecular weight is 206 g/mol. The summed E-state index contributed by atoms with van der Waals surface area (Å²) < 4.78 is 0. The molecular formula is C8H10N6O. The third kappa shape index (κ3) is 1.91. The molecule has 2 rings (SSSR count). The predicted molar refractivity (Wildman–Crippen MR) is 53.8 cm³/mol. The van der Waals surface area contributed by atoms with Crippen LogP contribution in [-0.2, 0) is 0 Å². The first-order valence-corrected chi connectivity index (χ1v) is 4.47. The molecule has 0 bridgehead atoms. The van der Waals surface area contributed by atoms with Crippen LogP contribution >= 0.6 is 0 Å². The summed E-state index contributed by atoms with van der Waals surface area (Å²) in [5.41, 5.74) is 6.21. The molecular weight excluding hydrogens is 196 g/mol. The van der Waals surface area contributed by atoms with E-state index in [0.717, 1.165) is 0 Å². The normalized spacial score (nSPS) is 10.5. The van der Waals surface area contributed by atoms with Crippen LogP contribution in [0.4, 0.5) is 5.95 Å². The standard InChI is InChI=1S/C8H10N6O/c9-2-4-11-8-12-6-1-3-10-5-7(6)14(15)13-8/h1,3,5H,2,4,9H2,(H,11,12,13). The summed E-state index contributed by atoms with van der Waals surface area (Å²) in [4.78, 5) is 8.45. The average Bonchev–Trinajstić information content (AvgIpc) is 2.26. The molecule has 0 aliphatic carbocycles. The van der Waals surface area contributed by atoms with E-state index in [-0.39, 0.29) is 5.95 Å². The van der Waals surface area contributed by atoms with Crippen molar-refractivity contribution in [3.8, 4) is 0 Å². The largest absolute Gasteiger partial charge is 0.594 e. The molecule has 7 nitrogen and oxygen atoms in total. The SMILES string of the molecule is NCCNc1nc2ccncc2[n+]([O-])n1. The second kappa shape index (κ2) is 4.01. The predicted octanol–water partition coefficient (Wildman–Crippen LogP) is -0.971. The summed E-state index contributed by atoms with van der Waals surface area (Å²) in [6, 6.07) is 1.65.